The number of carboxylic acids is 1. The minimum Gasteiger partial charge on any atom is -0.478 e. The van der Waals surface area contributed by atoms with Gasteiger partial charge >= 0.3 is 5.97 Å². The quantitative estimate of drug-likeness (QED) is 0.397. The monoisotopic (exact) mass is 505 g/mol. The molecule has 192 valence electrons. The van der Waals surface area contributed by atoms with Crippen LogP contribution in [0.5, 0.6) is 11.6 Å². The molecule has 0 saturated heterocycles. The number of carboxylic acid groups (broad SMARTS) is 1. The number of carbonyl (C=O) groups is 2. The number of alkyl halides is 2. The molecule has 3 aromatic rings. The first kappa shape index (κ1) is 26.7. The summed E-state index contributed by atoms with van der Waals surface area (Å²) in [5, 5.41) is 25.8. The molecule has 1 atom stereocenters. The van der Waals surface area contributed by atoms with Crippen LogP contribution in [0.15, 0.2) is 36.4 Å². The number of aryl methyl sites for hydroxylation is 2. The Labute approximate surface area is 205 Å². The van der Waals surface area contributed by atoms with Gasteiger partial charge in [-0.25, -0.2) is 22.6 Å². The fourth-order valence-corrected chi connectivity index (χ4v) is 3.71. The standard InChI is InChI=1S/C25H26F3N3O5/c1-12-10-14(6-8-16(12)24(33)34)13(2)29-22(32)19-20(21(27)28)30-31(5)23(19)36-15-7-9-18(26)17(11-15)25(3,4)35/h6-11,13,21,35H,1-5H3,(H,29,32)(H,33,34). The maximum absolute atomic E-state index is 14.2. The van der Waals surface area contributed by atoms with E-state index in [0.29, 0.717) is 11.1 Å². The molecule has 0 radical (unpaired) electrons. The second-order valence-electron chi connectivity index (χ2n) is 8.87. The van der Waals surface area contributed by atoms with Crippen molar-refractivity contribution in [2.24, 2.45) is 7.05 Å². The van der Waals surface area contributed by atoms with Crippen LogP contribution in [0.1, 0.15) is 76.3 Å². The Morgan fingerprint density at radius 3 is 2.39 bits per heavy atom. The first-order valence-corrected chi connectivity index (χ1v) is 10.9. The van der Waals surface area contributed by atoms with Crippen molar-refractivity contribution < 1.29 is 37.7 Å². The molecule has 3 N–H and O–H groups in total. The predicted molar refractivity (Wildman–Crippen MR) is 124 cm³/mol. The highest BCUT2D eigenvalue weighted by Crippen LogP contribution is 2.35. The molecule has 1 heterocycles. The van der Waals surface area contributed by atoms with Crippen molar-refractivity contribution in [2.45, 2.75) is 45.8 Å². The minimum absolute atomic E-state index is 0.000626. The summed E-state index contributed by atoms with van der Waals surface area (Å²) in [5.74, 6) is -2.99. The Bertz CT molecular complexity index is 1310. The normalized spacial score (nSPS) is 12.5. The van der Waals surface area contributed by atoms with Crippen LogP contribution >= 0.6 is 0 Å². The van der Waals surface area contributed by atoms with E-state index in [1.54, 1.807) is 19.9 Å². The lowest BCUT2D eigenvalue weighted by atomic mass is 9.98. The van der Waals surface area contributed by atoms with Gasteiger partial charge in [-0.15, -0.1) is 0 Å². The van der Waals surface area contributed by atoms with Crippen LogP contribution in [0.25, 0.3) is 0 Å². The Hall–Kier alpha value is -3.86. The molecule has 0 bridgehead atoms. The molecular weight excluding hydrogens is 479 g/mol. The highest BCUT2D eigenvalue weighted by molar-refractivity contribution is 5.98. The summed E-state index contributed by atoms with van der Waals surface area (Å²) in [5.41, 5.74) is -1.82. The number of ether oxygens (including phenoxy) is 1. The van der Waals surface area contributed by atoms with Gasteiger partial charge in [-0.1, -0.05) is 12.1 Å². The summed E-state index contributed by atoms with van der Waals surface area (Å²) in [6.45, 7) is 5.97. The molecule has 8 nitrogen and oxygen atoms in total. The van der Waals surface area contributed by atoms with E-state index in [4.69, 9.17) is 4.74 Å². The van der Waals surface area contributed by atoms with E-state index in [0.717, 1.165) is 10.7 Å². The number of aromatic nitrogens is 2. The Kier molecular flexibility index (Phi) is 7.44. The number of nitrogens with one attached hydrogen (secondary N) is 1. The van der Waals surface area contributed by atoms with E-state index in [1.807, 2.05) is 0 Å². The van der Waals surface area contributed by atoms with Crippen molar-refractivity contribution in [1.82, 2.24) is 15.1 Å². The second kappa shape index (κ2) is 10.0. The molecule has 11 heteroatoms. The largest absolute Gasteiger partial charge is 0.478 e. The lowest BCUT2D eigenvalue weighted by Crippen LogP contribution is -2.28. The summed E-state index contributed by atoms with van der Waals surface area (Å²) in [6, 6.07) is 7.32. The van der Waals surface area contributed by atoms with Gasteiger partial charge in [-0.3, -0.25) is 4.79 Å². The van der Waals surface area contributed by atoms with E-state index in [9.17, 15) is 33.0 Å². The lowest BCUT2D eigenvalue weighted by molar-refractivity contribution is 0.0694. The number of benzene rings is 2. The number of aromatic carboxylic acids is 1. The SMILES string of the molecule is Cc1cc(C(C)NC(=O)c2c(C(F)F)nn(C)c2Oc2ccc(F)c(C(C)(C)O)c2)ccc1C(=O)O. The van der Waals surface area contributed by atoms with Gasteiger partial charge < -0.3 is 20.3 Å². The van der Waals surface area contributed by atoms with Crippen LogP contribution in [-0.4, -0.2) is 31.9 Å². The molecule has 0 fully saturated rings. The number of hydrogen-bond acceptors (Lipinski definition) is 5. The van der Waals surface area contributed by atoms with Crippen molar-refractivity contribution >= 4 is 11.9 Å². The van der Waals surface area contributed by atoms with Crippen molar-refractivity contribution in [1.29, 1.82) is 0 Å². The van der Waals surface area contributed by atoms with Crippen LogP contribution in [0.2, 0.25) is 0 Å². The molecular formula is C25H26F3N3O5. The maximum atomic E-state index is 14.2. The average molecular weight is 505 g/mol. The number of hydrogen-bond donors (Lipinski definition) is 3. The summed E-state index contributed by atoms with van der Waals surface area (Å²) in [7, 11) is 1.32. The van der Waals surface area contributed by atoms with Crippen LogP contribution in [0.4, 0.5) is 13.2 Å². The van der Waals surface area contributed by atoms with Crippen molar-refractivity contribution in [2.75, 3.05) is 0 Å². The van der Waals surface area contributed by atoms with Crippen molar-refractivity contribution in [3.05, 3.63) is 75.7 Å². The van der Waals surface area contributed by atoms with Gasteiger partial charge in [0, 0.05) is 12.6 Å². The number of carbonyl (C=O) groups excluding carboxylic acids is 1. The van der Waals surface area contributed by atoms with Crippen LogP contribution < -0.4 is 10.1 Å². The van der Waals surface area contributed by atoms with Gasteiger partial charge in [0.1, 0.15) is 22.8 Å². The average Bonchev–Trinajstić information content (AvgIpc) is 3.10. The van der Waals surface area contributed by atoms with E-state index < -0.39 is 47.0 Å². The number of aliphatic hydroxyl groups is 1. The molecule has 0 aliphatic rings. The zero-order valence-corrected chi connectivity index (χ0v) is 20.3. The third kappa shape index (κ3) is 5.51. The summed E-state index contributed by atoms with van der Waals surface area (Å²) >= 11 is 0. The van der Waals surface area contributed by atoms with Gasteiger partial charge in [-0.05, 0) is 63.1 Å². The number of halogens is 3. The third-order valence-electron chi connectivity index (χ3n) is 5.60. The fraction of sp³-hybridized carbons (Fsp3) is 0.320. The van der Waals surface area contributed by atoms with Gasteiger partial charge in [-0.2, -0.15) is 5.10 Å². The van der Waals surface area contributed by atoms with Gasteiger partial charge in [0.2, 0.25) is 5.88 Å². The topological polar surface area (TPSA) is 114 Å². The van der Waals surface area contributed by atoms with E-state index in [1.165, 1.54) is 45.2 Å². The molecule has 0 aliphatic heterocycles. The summed E-state index contributed by atoms with van der Waals surface area (Å²) in [6.07, 6.45) is -3.10. The molecule has 0 aliphatic carbocycles. The first-order valence-electron chi connectivity index (χ1n) is 10.9. The Morgan fingerprint density at radius 1 is 1.17 bits per heavy atom. The zero-order chi connectivity index (χ0) is 26.9. The van der Waals surface area contributed by atoms with E-state index in [2.05, 4.69) is 10.4 Å². The molecule has 3 rings (SSSR count). The summed E-state index contributed by atoms with van der Waals surface area (Å²) in [4.78, 5) is 24.4. The molecule has 2 aromatic carbocycles. The molecule has 1 aromatic heterocycles. The maximum Gasteiger partial charge on any atom is 0.335 e. The Balaban J connectivity index is 1.97. The van der Waals surface area contributed by atoms with Gasteiger partial charge in [0.25, 0.3) is 12.3 Å². The molecule has 0 spiro atoms. The second-order valence-corrected chi connectivity index (χ2v) is 8.87. The summed E-state index contributed by atoms with van der Waals surface area (Å²) < 4.78 is 48.4. The van der Waals surface area contributed by atoms with Gasteiger partial charge in [0.15, 0.2) is 0 Å². The molecule has 0 saturated carbocycles. The molecule has 36 heavy (non-hydrogen) atoms. The van der Waals surface area contributed by atoms with Crippen LogP contribution in [0.3, 0.4) is 0 Å². The van der Waals surface area contributed by atoms with Crippen LogP contribution in [0, 0.1) is 12.7 Å². The smallest absolute Gasteiger partial charge is 0.335 e. The first-order chi connectivity index (χ1) is 16.7. The third-order valence-corrected chi connectivity index (χ3v) is 5.60. The zero-order valence-electron chi connectivity index (χ0n) is 20.3. The highest BCUT2D eigenvalue weighted by Gasteiger charge is 2.31. The molecule has 1 unspecified atom stereocenters. The number of nitrogens with zero attached hydrogens (tertiary/aromatic N) is 2. The lowest BCUT2D eigenvalue weighted by Gasteiger charge is -2.20. The van der Waals surface area contributed by atoms with Gasteiger partial charge in [0.05, 0.1) is 17.2 Å². The fourth-order valence-electron chi connectivity index (χ4n) is 3.71. The Morgan fingerprint density at radius 2 is 1.83 bits per heavy atom. The highest BCUT2D eigenvalue weighted by atomic mass is 19.3. The van der Waals surface area contributed by atoms with Crippen molar-refractivity contribution in [3.8, 4) is 11.6 Å². The number of amides is 1. The predicted octanol–water partition coefficient (Wildman–Crippen LogP) is 5.01. The number of rotatable bonds is 8. The van der Waals surface area contributed by atoms with Crippen molar-refractivity contribution in [3.63, 3.8) is 0 Å². The molecule has 1 amide bonds. The van der Waals surface area contributed by atoms with Crippen LogP contribution in [-0.2, 0) is 12.6 Å². The minimum atomic E-state index is -3.10. The van der Waals surface area contributed by atoms with E-state index in [-0.39, 0.29) is 22.8 Å². The van der Waals surface area contributed by atoms with E-state index >= 15 is 0 Å².